The minimum atomic E-state index is 0.459. The predicted octanol–water partition coefficient (Wildman–Crippen LogP) is 0.866. The van der Waals surface area contributed by atoms with Crippen LogP contribution in [0.5, 0.6) is 0 Å². The van der Waals surface area contributed by atoms with Crippen LogP contribution in [0.1, 0.15) is 25.7 Å². The molecule has 1 atom stereocenters. The molecule has 0 radical (unpaired) electrons. The fraction of sp³-hybridized carbons (Fsp3) is 1.00. The van der Waals surface area contributed by atoms with Crippen molar-refractivity contribution in [1.29, 1.82) is 0 Å². The quantitative estimate of drug-likeness (QED) is 0.701. The van der Waals surface area contributed by atoms with Crippen molar-refractivity contribution in [2.45, 2.75) is 37.9 Å². The number of rotatable bonds is 6. The molecule has 0 aromatic heterocycles. The molecular formula is C13H26N2O2. The van der Waals surface area contributed by atoms with Crippen molar-refractivity contribution in [3.8, 4) is 0 Å². The smallest absolute Gasteiger partial charge is 0.0710 e. The van der Waals surface area contributed by atoms with Gasteiger partial charge < -0.3 is 19.7 Å². The van der Waals surface area contributed by atoms with Gasteiger partial charge in [-0.2, -0.15) is 0 Å². The fourth-order valence-electron chi connectivity index (χ4n) is 2.69. The standard InChI is InChI=1S/C13H26N2O2/c1-16-13-5-9-15(11-13)8-2-10-17-12-3-6-14-7-4-12/h12-14H,2-11H2,1H3. The summed E-state index contributed by atoms with van der Waals surface area (Å²) in [7, 11) is 1.81. The monoisotopic (exact) mass is 242 g/mol. The highest BCUT2D eigenvalue weighted by Crippen LogP contribution is 2.12. The van der Waals surface area contributed by atoms with E-state index < -0.39 is 0 Å². The van der Waals surface area contributed by atoms with Gasteiger partial charge in [0, 0.05) is 33.4 Å². The van der Waals surface area contributed by atoms with E-state index in [2.05, 4.69) is 10.2 Å². The van der Waals surface area contributed by atoms with Gasteiger partial charge in [-0.15, -0.1) is 0 Å². The minimum absolute atomic E-state index is 0.459. The topological polar surface area (TPSA) is 33.7 Å². The lowest BCUT2D eigenvalue weighted by atomic mass is 10.1. The van der Waals surface area contributed by atoms with Crippen LogP contribution in [-0.4, -0.2) is 63.5 Å². The first-order chi connectivity index (χ1) is 8.38. The first kappa shape index (κ1) is 13.3. The van der Waals surface area contributed by atoms with Gasteiger partial charge >= 0.3 is 0 Å². The highest BCUT2D eigenvalue weighted by molar-refractivity contribution is 4.75. The van der Waals surface area contributed by atoms with Crippen LogP contribution in [-0.2, 0) is 9.47 Å². The molecule has 2 rings (SSSR count). The average molecular weight is 242 g/mol. The fourth-order valence-corrected chi connectivity index (χ4v) is 2.69. The number of likely N-dealkylation sites (tertiary alicyclic amines) is 1. The van der Waals surface area contributed by atoms with E-state index in [1.807, 2.05) is 7.11 Å². The molecule has 0 spiro atoms. The van der Waals surface area contributed by atoms with E-state index in [0.717, 1.165) is 39.2 Å². The van der Waals surface area contributed by atoms with Crippen LogP contribution < -0.4 is 5.32 Å². The molecule has 1 unspecified atom stereocenters. The third kappa shape index (κ3) is 4.54. The molecule has 0 aromatic carbocycles. The van der Waals surface area contributed by atoms with Crippen LogP contribution in [0.4, 0.5) is 0 Å². The van der Waals surface area contributed by atoms with Crippen molar-refractivity contribution in [2.75, 3.05) is 46.4 Å². The molecule has 17 heavy (non-hydrogen) atoms. The van der Waals surface area contributed by atoms with Crippen molar-refractivity contribution in [1.82, 2.24) is 10.2 Å². The highest BCUT2D eigenvalue weighted by Gasteiger charge is 2.21. The molecular weight excluding hydrogens is 216 g/mol. The third-order valence-electron chi connectivity index (χ3n) is 3.82. The van der Waals surface area contributed by atoms with Gasteiger partial charge in [-0.3, -0.25) is 0 Å². The summed E-state index contributed by atoms with van der Waals surface area (Å²) in [5.41, 5.74) is 0. The Morgan fingerprint density at radius 3 is 2.71 bits per heavy atom. The maximum Gasteiger partial charge on any atom is 0.0710 e. The Balaban J connectivity index is 1.48. The van der Waals surface area contributed by atoms with Crippen LogP contribution in [0, 0.1) is 0 Å². The van der Waals surface area contributed by atoms with Gasteiger partial charge in [-0.1, -0.05) is 0 Å². The van der Waals surface area contributed by atoms with Gasteiger partial charge in [0.15, 0.2) is 0 Å². The van der Waals surface area contributed by atoms with Crippen molar-refractivity contribution in [2.24, 2.45) is 0 Å². The summed E-state index contributed by atoms with van der Waals surface area (Å²) in [5.74, 6) is 0. The number of piperidine rings is 1. The molecule has 4 nitrogen and oxygen atoms in total. The second kappa shape index (κ2) is 7.31. The Morgan fingerprint density at radius 1 is 1.18 bits per heavy atom. The van der Waals surface area contributed by atoms with E-state index in [9.17, 15) is 0 Å². The highest BCUT2D eigenvalue weighted by atomic mass is 16.5. The molecule has 1 N–H and O–H groups in total. The maximum atomic E-state index is 5.90. The molecule has 0 bridgehead atoms. The SMILES string of the molecule is COC1CCN(CCCOC2CCNCC2)C1. The molecule has 0 amide bonds. The second-order valence-corrected chi connectivity index (χ2v) is 5.12. The van der Waals surface area contributed by atoms with Crippen LogP contribution >= 0.6 is 0 Å². The van der Waals surface area contributed by atoms with Crippen molar-refractivity contribution in [3.05, 3.63) is 0 Å². The Morgan fingerprint density at radius 2 is 2.00 bits per heavy atom. The summed E-state index contributed by atoms with van der Waals surface area (Å²) in [6.07, 6.45) is 5.65. The molecule has 0 saturated carbocycles. The van der Waals surface area contributed by atoms with Crippen molar-refractivity contribution < 1.29 is 9.47 Å². The molecule has 0 aliphatic carbocycles. The largest absolute Gasteiger partial charge is 0.380 e. The summed E-state index contributed by atoms with van der Waals surface area (Å²) in [6.45, 7) is 6.60. The summed E-state index contributed by atoms with van der Waals surface area (Å²) in [5, 5.41) is 3.36. The van der Waals surface area contributed by atoms with Gasteiger partial charge in [0.2, 0.25) is 0 Å². The number of nitrogens with one attached hydrogen (secondary N) is 1. The number of hydrogen-bond acceptors (Lipinski definition) is 4. The van der Waals surface area contributed by atoms with Crippen LogP contribution in [0.15, 0.2) is 0 Å². The summed E-state index contributed by atoms with van der Waals surface area (Å²) >= 11 is 0. The Labute approximate surface area is 105 Å². The maximum absolute atomic E-state index is 5.90. The Kier molecular flexibility index (Phi) is 5.71. The summed E-state index contributed by atoms with van der Waals surface area (Å²) < 4.78 is 11.3. The van der Waals surface area contributed by atoms with Gasteiger partial charge in [-0.25, -0.2) is 0 Å². The predicted molar refractivity (Wildman–Crippen MR) is 68.3 cm³/mol. The molecule has 2 fully saturated rings. The van der Waals surface area contributed by atoms with E-state index in [0.29, 0.717) is 12.2 Å². The van der Waals surface area contributed by atoms with Crippen LogP contribution in [0.25, 0.3) is 0 Å². The molecule has 2 heterocycles. The summed E-state index contributed by atoms with van der Waals surface area (Å²) in [6, 6.07) is 0. The van der Waals surface area contributed by atoms with E-state index in [1.165, 1.54) is 25.8 Å². The zero-order chi connectivity index (χ0) is 11.9. The van der Waals surface area contributed by atoms with Gasteiger partial charge in [-0.05, 0) is 38.8 Å². The third-order valence-corrected chi connectivity index (χ3v) is 3.82. The second-order valence-electron chi connectivity index (χ2n) is 5.12. The van der Waals surface area contributed by atoms with Crippen molar-refractivity contribution >= 4 is 0 Å². The molecule has 2 aliphatic rings. The number of nitrogens with zero attached hydrogens (tertiary/aromatic N) is 1. The number of ether oxygens (including phenoxy) is 2. The molecule has 2 aliphatic heterocycles. The minimum Gasteiger partial charge on any atom is -0.380 e. The number of hydrogen-bond donors (Lipinski definition) is 1. The zero-order valence-corrected chi connectivity index (χ0v) is 11.0. The van der Waals surface area contributed by atoms with Crippen LogP contribution in [0.3, 0.4) is 0 Å². The lowest BCUT2D eigenvalue weighted by Gasteiger charge is -2.23. The van der Waals surface area contributed by atoms with Gasteiger partial charge in [0.1, 0.15) is 0 Å². The van der Waals surface area contributed by atoms with Gasteiger partial charge in [0.25, 0.3) is 0 Å². The van der Waals surface area contributed by atoms with E-state index in [-0.39, 0.29) is 0 Å². The Hall–Kier alpha value is -0.160. The average Bonchev–Trinajstić information content (AvgIpc) is 2.84. The van der Waals surface area contributed by atoms with E-state index in [1.54, 1.807) is 0 Å². The summed E-state index contributed by atoms with van der Waals surface area (Å²) in [4.78, 5) is 2.49. The van der Waals surface area contributed by atoms with E-state index >= 15 is 0 Å². The molecule has 0 aromatic rings. The number of methoxy groups -OCH3 is 1. The normalized spacial score (nSPS) is 27.7. The first-order valence-corrected chi connectivity index (χ1v) is 6.96. The molecule has 4 heteroatoms. The Bertz CT molecular complexity index is 208. The van der Waals surface area contributed by atoms with Crippen molar-refractivity contribution in [3.63, 3.8) is 0 Å². The zero-order valence-electron chi connectivity index (χ0n) is 11.0. The molecule has 100 valence electrons. The lowest BCUT2D eigenvalue weighted by molar-refractivity contribution is 0.0278. The van der Waals surface area contributed by atoms with Gasteiger partial charge in [0.05, 0.1) is 12.2 Å². The van der Waals surface area contributed by atoms with E-state index in [4.69, 9.17) is 9.47 Å². The first-order valence-electron chi connectivity index (χ1n) is 6.96. The lowest BCUT2D eigenvalue weighted by Crippen LogP contribution is -2.33. The molecule has 2 saturated heterocycles. The van der Waals surface area contributed by atoms with Crippen LogP contribution in [0.2, 0.25) is 0 Å².